The molecule has 3 nitrogen and oxygen atoms in total. The van der Waals surface area contributed by atoms with Crippen molar-refractivity contribution in [2.75, 3.05) is 6.54 Å². The van der Waals surface area contributed by atoms with Crippen LogP contribution in [0.1, 0.15) is 50.4 Å². The van der Waals surface area contributed by atoms with Crippen LogP contribution in [0, 0.1) is 12.3 Å². The molecule has 3 heteroatoms. The number of nitrogens with one attached hydrogen (secondary N) is 2. The highest BCUT2D eigenvalue weighted by molar-refractivity contribution is 5.18. The predicted molar refractivity (Wildman–Crippen MR) is 61.7 cm³/mol. The average molecular weight is 207 g/mol. The van der Waals surface area contributed by atoms with Crippen LogP contribution in [0.4, 0.5) is 0 Å². The first-order chi connectivity index (χ1) is 7.17. The van der Waals surface area contributed by atoms with Crippen molar-refractivity contribution >= 4 is 0 Å². The Morgan fingerprint density at radius 1 is 1.60 bits per heavy atom. The van der Waals surface area contributed by atoms with E-state index in [9.17, 15) is 0 Å². The molecule has 1 aliphatic rings. The maximum atomic E-state index is 4.06. The summed E-state index contributed by atoms with van der Waals surface area (Å²) in [6, 6.07) is 0.410. The minimum absolute atomic E-state index is 0.410. The van der Waals surface area contributed by atoms with Crippen LogP contribution < -0.4 is 5.32 Å². The van der Waals surface area contributed by atoms with E-state index in [0.29, 0.717) is 11.5 Å². The molecule has 1 aromatic heterocycles. The molecule has 0 aliphatic heterocycles. The van der Waals surface area contributed by atoms with Crippen molar-refractivity contribution in [1.82, 2.24) is 15.5 Å². The predicted octanol–water partition coefficient (Wildman–Crippen LogP) is 2.56. The molecule has 0 radical (unpaired) electrons. The number of hydrogen-bond donors (Lipinski definition) is 2. The zero-order chi connectivity index (χ0) is 10.9. The topological polar surface area (TPSA) is 40.7 Å². The lowest BCUT2D eigenvalue weighted by molar-refractivity contribution is 0.414. The second-order valence-corrected chi connectivity index (χ2v) is 4.91. The number of hydrogen-bond acceptors (Lipinski definition) is 2. The maximum Gasteiger partial charge on any atom is 0.0537 e. The van der Waals surface area contributed by atoms with Crippen LogP contribution in [0.5, 0.6) is 0 Å². The van der Waals surface area contributed by atoms with E-state index in [1.165, 1.54) is 30.5 Å². The molecular weight excluding hydrogens is 186 g/mol. The van der Waals surface area contributed by atoms with Crippen LogP contribution >= 0.6 is 0 Å². The zero-order valence-electron chi connectivity index (χ0n) is 9.93. The Hall–Kier alpha value is -0.830. The van der Waals surface area contributed by atoms with Crippen LogP contribution in [-0.4, -0.2) is 16.7 Å². The average Bonchev–Trinajstić information content (AvgIpc) is 2.91. The quantitative estimate of drug-likeness (QED) is 0.779. The van der Waals surface area contributed by atoms with Gasteiger partial charge in [-0.05, 0) is 38.5 Å². The summed E-state index contributed by atoms with van der Waals surface area (Å²) in [5.74, 6) is 0. The van der Waals surface area contributed by atoms with E-state index in [1.807, 2.05) is 6.20 Å². The molecule has 2 N–H and O–H groups in total. The molecule has 2 rings (SSSR count). The molecule has 0 amide bonds. The SMILES string of the molecule is CCC1(CNC(C)c2cn[nH]c2C)CC1. The number of rotatable bonds is 5. The molecule has 1 heterocycles. The fraction of sp³-hybridized carbons (Fsp3) is 0.750. The van der Waals surface area contributed by atoms with Crippen LogP contribution in [0.2, 0.25) is 0 Å². The second kappa shape index (κ2) is 3.97. The van der Waals surface area contributed by atoms with Crippen molar-refractivity contribution in [2.45, 2.75) is 46.1 Å². The van der Waals surface area contributed by atoms with Crippen molar-refractivity contribution in [2.24, 2.45) is 5.41 Å². The molecule has 0 aromatic carbocycles. The van der Waals surface area contributed by atoms with Crippen molar-refractivity contribution in [3.63, 3.8) is 0 Å². The smallest absolute Gasteiger partial charge is 0.0537 e. The normalized spacial score (nSPS) is 20.2. The lowest BCUT2D eigenvalue weighted by Gasteiger charge is -2.18. The molecule has 1 saturated carbocycles. The molecule has 1 unspecified atom stereocenters. The molecule has 1 aromatic rings. The summed E-state index contributed by atoms with van der Waals surface area (Å²) in [5.41, 5.74) is 3.09. The Morgan fingerprint density at radius 2 is 2.33 bits per heavy atom. The summed E-state index contributed by atoms with van der Waals surface area (Å²) in [6.07, 6.45) is 6.02. The molecule has 1 atom stereocenters. The molecule has 15 heavy (non-hydrogen) atoms. The number of aromatic nitrogens is 2. The minimum atomic E-state index is 0.410. The van der Waals surface area contributed by atoms with E-state index in [4.69, 9.17) is 0 Å². The summed E-state index contributed by atoms with van der Waals surface area (Å²) in [4.78, 5) is 0. The van der Waals surface area contributed by atoms with E-state index in [-0.39, 0.29) is 0 Å². The first-order valence-corrected chi connectivity index (χ1v) is 5.90. The molecule has 1 aliphatic carbocycles. The fourth-order valence-corrected chi connectivity index (χ4v) is 2.11. The molecule has 0 bridgehead atoms. The zero-order valence-corrected chi connectivity index (χ0v) is 9.93. The van der Waals surface area contributed by atoms with E-state index in [1.54, 1.807) is 0 Å². The van der Waals surface area contributed by atoms with Gasteiger partial charge >= 0.3 is 0 Å². The maximum absolute atomic E-state index is 4.06. The van der Waals surface area contributed by atoms with Gasteiger partial charge < -0.3 is 5.32 Å². The molecule has 84 valence electrons. The van der Waals surface area contributed by atoms with Gasteiger partial charge in [0.2, 0.25) is 0 Å². The van der Waals surface area contributed by atoms with E-state index < -0.39 is 0 Å². The third kappa shape index (κ3) is 2.23. The first-order valence-electron chi connectivity index (χ1n) is 5.90. The van der Waals surface area contributed by atoms with Gasteiger partial charge in [-0.3, -0.25) is 5.10 Å². The van der Waals surface area contributed by atoms with Gasteiger partial charge in [0.1, 0.15) is 0 Å². The first kappa shape index (κ1) is 10.7. The van der Waals surface area contributed by atoms with E-state index in [0.717, 1.165) is 6.54 Å². The largest absolute Gasteiger partial charge is 0.310 e. The Bertz CT molecular complexity index is 325. The van der Waals surface area contributed by atoms with E-state index >= 15 is 0 Å². The number of H-pyrrole nitrogens is 1. The summed E-state index contributed by atoms with van der Waals surface area (Å²) in [5, 5.41) is 10.7. The van der Waals surface area contributed by atoms with Gasteiger partial charge in [-0.15, -0.1) is 0 Å². The van der Waals surface area contributed by atoms with Gasteiger partial charge in [-0.25, -0.2) is 0 Å². The van der Waals surface area contributed by atoms with Crippen LogP contribution in [0.3, 0.4) is 0 Å². The van der Waals surface area contributed by atoms with E-state index in [2.05, 4.69) is 36.3 Å². The number of aromatic amines is 1. The van der Waals surface area contributed by atoms with Crippen molar-refractivity contribution < 1.29 is 0 Å². The van der Waals surface area contributed by atoms with Gasteiger partial charge in [-0.2, -0.15) is 5.10 Å². The van der Waals surface area contributed by atoms with Gasteiger partial charge in [-0.1, -0.05) is 6.92 Å². The highest BCUT2D eigenvalue weighted by atomic mass is 15.1. The summed E-state index contributed by atoms with van der Waals surface area (Å²) >= 11 is 0. The Morgan fingerprint density at radius 3 is 2.80 bits per heavy atom. The summed E-state index contributed by atoms with van der Waals surface area (Å²) in [7, 11) is 0. The third-order valence-electron chi connectivity index (χ3n) is 3.83. The summed E-state index contributed by atoms with van der Waals surface area (Å²) < 4.78 is 0. The van der Waals surface area contributed by atoms with Gasteiger partial charge in [0.05, 0.1) is 6.20 Å². The lowest BCUT2D eigenvalue weighted by atomic mass is 10.0. The highest BCUT2D eigenvalue weighted by Gasteiger charge is 2.40. The van der Waals surface area contributed by atoms with Gasteiger partial charge in [0, 0.05) is 23.8 Å². The van der Waals surface area contributed by atoms with Crippen LogP contribution in [0.15, 0.2) is 6.20 Å². The van der Waals surface area contributed by atoms with Crippen molar-refractivity contribution in [1.29, 1.82) is 0 Å². The highest BCUT2D eigenvalue weighted by Crippen LogP contribution is 2.48. The van der Waals surface area contributed by atoms with Gasteiger partial charge in [0.15, 0.2) is 0 Å². The van der Waals surface area contributed by atoms with Crippen molar-refractivity contribution in [3.8, 4) is 0 Å². The monoisotopic (exact) mass is 207 g/mol. The molecule has 0 spiro atoms. The summed E-state index contributed by atoms with van der Waals surface area (Å²) in [6.45, 7) is 7.73. The van der Waals surface area contributed by atoms with Crippen LogP contribution in [0.25, 0.3) is 0 Å². The molecular formula is C12H21N3. The fourth-order valence-electron chi connectivity index (χ4n) is 2.11. The van der Waals surface area contributed by atoms with Crippen molar-refractivity contribution in [3.05, 3.63) is 17.5 Å². The third-order valence-corrected chi connectivity index (χ3v) is 3.83. The van der Waals surface area contributed by atoms with Crippen LogP contribution in [-0.2, 0) is 0 Å². The Kier molecular flexibility index (Phi) is 2.83. The number of nitrogens with zero attached hydrogens (tertiary/aromatic N) is 1. The second-order valence-electron chi connectivity index (χ2n) is 4.91. The Labute approximate surface area is 91.7 Å². The molecule has 1 fully saturated rings. The Balaban J connectivity index is 1.88. The standard InChI is InChI=1S/C12H21N3/c1-4-12(5-6-12)8-13-9(2)11-7-14-15-10(11)3/h7,9,13H,4-6,8H2,1-3H3,(H,14,15). The van der Waals surface area contributed by atoms with Gasteiger partial charge in [0.25, 0.3) is 0 Å². The lowest BCUT2D eigenvalue weighted by Crippen LogP contribution is -2.26. The minimum Gasteiger partial charge on any atom is -0.310 e. The number of aryl methyl sites for hydroxylation is 1. The molecule has 0 saturated heterocycles.